The Labute approximate surface area is 135 Å². The Bertz CT molecular complexity index is 720. The van der Waals surface area contributed by atoms with Crippen molar-refractivity contribution in [2.75, 3.05) is 13.2 Å². The molecule has 1 aliphatic carbocycles. The number of nitrogens with zero attached hydrogens (tertiary/aromatic N) is 3. The smallest absolute Gasteiger partial charge is 0.271 e. The van der Waals surface area contributed by atoms with Gasteiger partial charge in [0.1, 0.15) is 5.69 Å². The minimum Gasteiger partial charge on any atom is -0.477 e. The molecule has 1 aliphatic rings. The molecule has 6 nitrogen and oxygen atoms in total. The second kappa shape index (κ2) is 7.26. The molecular formula is C17H22N4O2. The van der Waals surface area contributed by atoms with Crippen molar-refractivity contribution in [1.29, 1.82) is 0 Å². The van der Waals surface area contributed by atoms with Crippen LogP contribution in [0, 0.1) is 0 Å². The molecule has 1 N–H and O–H groups in total. The first-order chi connectivity index (χ1) is 11.3. The molecule has 0 atom stereocenters. The number of ether oxygens (including phenoxy) is 1. The van der Waals surface area contributed by atoms with Crippen molar-refractivity contribution in [2.45, 2.75) is 39.0 Å². The van der Waals surface area contributed by atoms with Crippen molar-refractivity contribution in [2.24, 2.45) is 0 Å². The third-order valence-corrected chi connectivity index (χ3v) is 3.94. The first kappa shape index (κ1) is 15.5. The van der Waals surface area contributed by atoms with Crippen molar-refractivity contribution in [1.82, 2.24) is 19.9 Å². The fourth-order valence-corrected chi connectivity index (χ4v) is 2.76. The molecule has 6 heteroatoms. The average molecular weight is 314 g/mol. The van der Waals surface area contributed by atoms with E-state index in [0.717, 1.165) is 12.8 Å². The molecular weight excluding hydrogens is 292 g/mol. The number of allylic oxidation sites excluding steroid dienone is 1. The fraction of sp³-hybridized carbons (Fsp3) is 0.471. The maximum atomic E-state index is 12.2. The zero-order valence-electron chi connectivity index (χ0n) is 13.4. The zero-order valence-corrected chi connectivity index (χ0v) is 13.4. The summed E-state index contributed by atoms with van der Waals surface area (Å²) in [5.41, 5.74) is 2.46. The largest absolute Gasteiger partial charge is 0.477 e. The van der Waals surface area contributed by atoms with E-state index in [1.807, 2.05) is 6.92 Å². The number of rotatable bonds is 6. The first-order valence-corrected chi connectivity index (χ1v) is 8.21. The van der Waals surface area contributed by atoms with Crippen molar-refractivity contribution in [3.05, 3.63) is 35.7 Å². The Morgan fingerprint density at radius 2 is 2.30 bits per heavy atom. The summed E-state index contributed by atoms with van der Waals surface area (Å²) in [6.45, 7) is 3.10. The molecule has 0 fully saturated rings. The second-order valence-electron chi connectivity index (χ2n) is 5.65. The highest BCUT2D eigenvalue weighted by Crippen LogP contribution is 2.19. The number of hydrogen-bond donors (Lipinski definition) is 1. The highest BCUT2D eigenvalue weighted by atomic mass is 16.5. The van der Waals surface area contributed by atoms with Gasteiger partial charge in [0.15, 0.2) is 5.65 Å². The van der Waals surface area contributed by atoms with Crippen LogP contribution in [-0.4, -0.2) is 33.7 Å². The average Bonchev–Trinajstić information content (AvgIpc) is 2.99. The number of carbonyl (C=O) groups is 1. The quantitative estimate of drug-likeness (QED) is 0.832. The van der Waals surface area contributed by atoms with E-state index in [9.17, 15) is 4.79 Å². The molecule has 0 saturated carbocycles. The Balaban J connectivity index is 1.60. The summed E-state index contributed by atoms with van der Waals surface area (Å²) >= 11 is 0. The molecule has 0 aliphatic heterocycles. The molecule has 2 aromatic rings. The van der Waals surface area contributed by atoms with E-state index in [-0.39, 0.29) is 5.91 Å². The molecule has 1 amide bonds. The van der Waals surface area contributed by atoms with Crippen LogP contribution in [0.5, 0.6) is 5.88 Å². The van der Waals surface area contributed by atoms with Crippen LogP contribution < -0.4 is 10.1 Å². The van der Waals surface area contributed by atoms with Crippen LogP contribution in [0.4, 0.5) is 0 Å². The van der Waals surface area contributed by atoms with Crippen molar-refractivity contribution in [3.63, 3.8) is 0 Å². The van der Waals surface area contributed by atoms with Crippen LogP contribution in [0.1, 0.15) is 49.5 Å². The van der Waals surface area contributed by atoms with Crippen molar-refractivity contribution >= 4 is 11.6 Å². The number of fused-ring (bicyclic) bond motifs is 1. The molecule has 0 radical (unpaired) electrons. The van der Waals surface area contributed by atoms with Gasteiger partial charge in [-0.05, 0) is 45.1 Å². The minimum atomic E-state index is -0.162. The van der Waals surface area contributed by atoms with Gasteiger partial charge in [-0.2, -0.15) is 0 Å². The molecule has 2 aromatic heterocycles. The zero-order chi connectivity index (χ0) is 16.1. The van der Waals surface area contributed by atoms with Crippen LogP contribution in [-0.2, 0) is 0 Å². The molecule has 0 unspecified atom stereocenters. The summed E-state index contributed by atoms with van der Waals surface area (Å²) in [6.07, 6.45) is 9.74. The van der Waals surface area contributed by atoms with Gasteiger partial charge in [0.05, 0.1) is 12.8 Å². The van der Waals surface area contributed by atoms with Crippen LogP contribution in [0.25, 0.3) is 5.65 Å². The van der Waals surface area contributed by atoms with Gasteiger partial charge in [-0.3, -0.25) is 4.79 Å². The Morgan fingerprint density at radius 3 is 3.09 bits per heavy atom. The van der Waals surface area contributed by atoms with Gasteiger partial charge in [-0.25, -0.2) is 9.50 Å². The number of hydrogen-bond acceptors (Lipinski definition) is 4. The minimum absolute atomic E-state index is 0.162. The molecule has 23 heavy (non-hydrogen) atoms. The lowest BCUT2D eigenvalue weighted by atomic mass is 9.97. The fourth-order valence-electron chi connectivity index (χ4n) is 2.76. The predicted molar refractivity (Wildman–Crippen MR) is 87.7 cm³/mol. The van der Waals surface area contributed by atoms with Gasteiger partial charge in [0.2, 0.25) is 5.88 Å². The summed E-state index contributed by atoms with van der Waals surface area (Å²) in [6, 6.07) is 3.55. The highest BCUT2D eigenvalue weighted by molar-refractivity contribution is 5.92. The molecule has 0 spiro atoms. The third kappa shape index (κ3) is 3.88. The summed E-state index contributed by atoms with van der Waals surface area (Å²) in [4.78, 5) is 16.5. The van der Waals surface area contributed by atoms with Gasteiger partial charge in [0.25, 0.3) is 5.91 Å². The van der Waals surface area contributed by atoms with Gasteiger partial charge in [0, 0.05) is 12.6 Å². The lowest BCUT2D eigenvalue weighted by Crippen LogP contribution is -2.25. The van der Waals surface area contributed by atoms with Crippen LogP contribution >= 0.6 is 0 Å². The van der Waals surface area contributed by atoms with Gasteiger partial charge in [-0.15, -0.1) is 5.10 Å². The maximum absolute atomic E-state index is 12.2. The van der Waals surface area contributed by atoms with E-state index in [4.69, 9.17) is 4.74 Å². The summed E-state index contributed by atoms with van der Waals surface area (Å²) in [7, 11) is 0. The monoisotopic (exact) mass is 314 g/mol. The SMILES string of the molecule is CCOc1ccc2nc(C(=O)NCCC3=CCCCC3)cn2n1. The van der Waals surface area contributed by atoms with Crippen LogP contribution in [0.3, 0.4) is 0 Å². The topological polar surface area (TPSA) is 68.5 Å². The van der Waals surface area contributed by atoms with Gasteiger partial charge in [-0.1, -0.05) is 11.6 Å². The number of aromatic nitrogens is 3. The normalized spacial score (nSPS) is 14.6. The van der Waals surface area contributed by atoms with E-state index < -0.39 is 0 Å². The number of nitrogens with one attached hydrogen (secondary N) is 1. The lowest BCUT2D eigenvalue weighted by Gasteiger charge is -2.12. The number of amides is 1. The lowest BCUT2D eigenvalue weighted by molar-refractivity contribution is 0.0949. The van der Waals surface area contributed by atoms with Crippen molar-refractivity contribution in [3.8, 4) is 5.88 Å². The highest BCUT2D eigenvalue weighted by Gasteiger charge is 2.12. The number of imidazole rings is 1. The summed E-state index contributed by atoms with van der Waals surface area (Å²) in [5.74, 6) is 0.360. The third-order valence-electron chi connectivity index (χ3n) is 3.94. The first-order valence-electron chi connectivity index (χ1n) is 8.21. The Morgan fingerprint density at radius 1 is 1.39 bits per heavy atom. The van der Waals surface area contributed by atoms with Crippen LogP contribution in [0.15, 0.2) is 30.0 Å². The summed E-state index contributed by atoms with van der Waals surface area (Å²) in [5, 5.41) is 7.20. The molecule has 0 aromatic carbocycles. The molecule has 0 saturated heterocycles. The van der Waals surface area contributed by atoms with E-state index in [1.54, 1.807) is 22.8 Å². The number of carbonyl (C=O) groups excluding carboxylic acids is 1. The van der Waals surface area contributed by atoms with E-state index >= 15 is 0 Å². The Hall–Kier alpha value is -2.37. The molecule has 122 valence electrons. The Kier molecular flexibility index (Phi) is 4.90. The predicted octanol–water partition coefficient (Wildman–Crippen LogP) is 2.75. The second-order valence-corrected chi connectivity index (χ2v) is 5.65. The van der Waals surface area contributed by atoms with Crippen LogP contribution in [0.2, 0.25) is 0 Å². The van der Waals surface area contributed by atoms with E-state index in [0.29, 0.717) is 30.4 Å². The maximum Gasteiger partial charge on any atom is 0.271 e. The summed E-state index contributed by atoms with van der Waals surface area (Å²) < 4.78 is 6.92. The van der Waals surface area contributed by atoms with E-state index in [1.165, 1.54) is 24.8 Å². The van der Waals surface area contributed by atoms with Gasteiger partial charge >= 0.3 is 0 Å². The standard InChI is InChI=1S/C17H22N4O2/c1-2-23-16-9-8-15-19-14(12-21(15)20-16)17(22)18-11-10-13-6-4-3-5-7-13/h6,8-9,12H,2-5,7,10-11H2,1H3,(H,18,22). The molecule has 3 rings (SSSR count). The van der Waals surface area contributed by atoms with Crippen molar-refractivity contribution < 1.29 is 9.53 Å². The van der Waals surface area contributed by atoms with E-state index in [2.05, 4.69) is 21.5 Å². The van der Waals surface area contributed by atoms with Gasteiger partial charge < -0.3 is 10.1 Å². The molecule has 0 bridgehead atoms. The molecule has 2 heterocycles.